The van der Waals surface area contributed by atoms with Gasteiger partial charge in [-0.05, 0) is 13.0 Å². The van der Waals surface area contributed by atoms with Crippen molar-refractivity contribution >= 4 is 17.2 Å². The van der Waals surface area contributed by atoms with E-state index < -0.39 is 0 Å². The molecule has 0 aliphatic rings. The first kappa shape index (κ1) is 11.1. The van der Waals surface area contributed by atoms with Crippen LogP contribution in [0.3, 0.4) is 0 Å². The second-order valence-corrected chi connectivity index (χ2v) is 3.22. The lowest BCUT2D eigenvalue weighted by molar-refractivity contribution is 0.131. The summed E-state index contributed by atoms with van der Waals surface area (Å²) in [7, 11) is 0. The van der Waals surface area contributed by atoms with Gasteiger partial charge in [0.05, 0.1) is 6.61 Å². The van der Waals surface area contributed by atoms with Crippen LogP contribution in [0.1, 0.15) is 18.1 Å². The van der Waals surface area contributed by atoms with Crippen molar-refractivity contribution in [3.63, 3.8) is 0 Å². The van der Waals surface area contributed by atoms with E-state index in [1.807, 2.05) is 6.92 Å². The minimum atomic E-state index is -0.381. The molecule has 0 fully saturated rings. The molecular formula is C10H12FNOS. The predicted octanol–water partition coefficient (Wildman–Crippen LogP) is 2.00. The largest absolute Gasteiger partial charge is 0.389 e. The molecule has 4 heteroatoms. The van der Waals surface area contributed by atoms with Gasteiger partial charge in [0.1, 0.15) is 10.8 Å². The highest BCUT2D eigenvalue weighted by molar-refractivity contribution is 7.80. The number of hydrogen-bond acceptors (Lipinski definition) is 2. The Balaban J connectivity index is 2.95. The normalized spacial score (nSPS) is 10.1. The number of nitrogens with two attached hydrogens (primary N) is 1. The van der Waals surface area contributed by atoms with Crippen molar-refractivity contribution in [3.05, 3.63) is 35.1 Å². The Hall–Kier alpha value is -1.00. The fourth-order valence-corrected chi connectivity index (χ4v) is 1.25. The summed E-state index contributed by atoms with van der Waals surface area (Å²) in [5.74, 6) is -0.381. The zero-order valence-corrected chi connectivity index (χ0v) is 8.73. The minimum Gasteiger partial charge on any atom is -0.389 e. The molecule has 1 aromatic carbocycles. The quantitative estimate of drug-likeness (QED) is 0.777. The summed E-state index contributed by atoms with van der Waals surface area (Å²) in [4.78, 5) is 0.0702. The van der Waals surface area contributed by atoms with Gasteiger partial charge >= 0.3 is 0 Å². The number of thiocarbonyl (C=S) groups is 1. The van der Waals surface area contributed by atoms with Crippen LogP contribution in [-0.2, 0) is 11.3 Å². The third-order valence-corrected chi connectivity index (χ3v) is 2.03. The zero-order chi connectivity index (χ0) is 10.6. The molecule has 0 saturated heterocycles. The number of hydrogen-bond donors (Lipinski definition) is 1. The van der Waals surface area contributed by atoms with Crippen molar-refractivity contribution in [1.82, 2.24) is 0 Å². The van der Waals surface area contributed by atoms with E-state index >= 15 is 0 Å². The minimum absolute atomic E-state index is 0.0702. The van der Waals surface area contributed by atoms with Crippen LogP contribution in [0.5, 0.6) is 0 Å². The van der Waals surface area contributed by atoms with Gasteiger partial charge in [0.2, 0.25) is 0 Å². The molecule has 0 aliphatic heterocycles. The first-order valence-corrected chi connectivity index (χ1v) is 4.72. The topological polar surface area (TPSA) is 35.2 Å². The Kier molecular flexibility index (Phi) is 3.98. The molecule has 0 radical (unpaired) electrons. The van der Waals surface area contributed by atoms with Gasteiger partial charge in [-0.25, -0.2) is 4.39 Å². The highest BCUT2D eigenvalue weighted by Gasteiger charge is 2.09. The second kappa shape index (κ2) is 5.02. The van der Waals surface area contributed by atoms with Crippen LogP contribution in [0.25, 0.3) is 0 Å². The third kappa shape index (κ3) is 2.49. The Morgan fingerprint density at radius 1 is 1.57 bits per heavy atom. The highest BCUT2D eigenvalue weighted by atomic mass is 32.1. The molecule has 0 aromatic heterocycles. The van der Waals surface area contributed by atoms with E-state index in [9.17, 15) is 4.39 Å². The fourth-order valence-electron chi connectivity index (χ4n) is 1.09. The van der Waals surface area contributed by atoms with Crippen LogP contribution in [-0.4, -0.2) is 11.6 Å². The van der Waals surface area contributed by atoms with E-state index in [0.717, 1.165) is 0 Å². The van der Waals surface area contributed by atoms with Crippen molar-refractivity contribution in [2.45, 2.75) is 13.5 Å². The summed E-state index contributed by atoms with van der Waals surface area (Å²) >= 11 is 4.72. The molecule has 0 unspecified atom stereocenters. The predicted molar refractivity (Wildman–Crippen MR) is 57.6 cm³/mol. The molecule has 2 nitrogen and oxygen atoms in total. The molecule has 14 heavy (non-hydrogen) atoms. The lowest BCUT2D eigenvalue weighted by Gasteiger charge is -2.06. The molecule has 0 bridgehead atoms. The average Bonchev–Trinajstić information content (AvgIpc) is 2.16. The smallest absolute Gasteiger partial charge is 0.138 e. The van der Waals surface area contributed by atoms with Gasteiger partial charge in [-0.15, -0.1) is 0 Å². The summed E-state index contributed by atoms with van der Waals surface area (Å²) in [6, 6.07) is 4.94. The number of benzene rings is 1. The third-order valence-electron chi connectivity index (χ3n) is 1.81. The standard InChI is InChI=1S/C10H12FNOS/c1-2-13-6-7-4-3-5-8(9(7)11)10(12)14/h3-5H,2,6H2,1H3,(H2,12,14). The summed E-state index contributed by atoms with van der Waals surface area (Å²) < 4.78 is 18.7. The highest BCUT2D eigenvalue weighted by Crippen LogP contribution is 2.13. The zero-order valence-electron chi connectivity index (χ0n) is 7.92. The van der Waals surface area contributed by atoms with Crippen molar-refractivity contribution in [2.24, 2.45) is 5.73 Å². The van der Waals surface area contributed by atoms with Crippen molar-refractivity contribution in [2.75, 3.05) is 6.61 Å². The van der Waals surface area contributed by atoms with E-state index in [1.54, 1.807) is 18.2 Å². The van der Waals surface area contributed by atoms with Gasteiger partial charge in [-0.1, -0.05) is 24.4 Å². The van der Waals surface area contributed by atoms with Gasteiger partial charge < -0.3 is 10.5 Å². The maximum atomic E-state index is 13.6. The molecule has 0 spiro atoms. The van der Waals surface area contributed by atoms with Crippen LogP contribution in [0.2, 0.25) is 0 Å². The van der Waals surface area contributed by atoms with Crippen molar-refractivity contribution in [3.8, 4) is 0 Å². The van der Waals surface area contributed by atoms with E-state index in [-0.39, 0.29) is 23.0 Å². The van der Waals surface area contributed by atoms with Gasteiger partial charge in [0.25, 0.3) is 0 Å². The maximum Gasteiger partial charge on any atom is 0.138 e. The maximum absolute atomic E-state index is 13.6. The average molecular weight is 213 g/mol. The summed E-state index contributed by atoms with van der Waals surface area (Å²) in [6.07, 6.45) is 0. The van der Waals surface area contributed by atoms with Gasteiger partial charge in [0.15, 0.2) is 0 Å². The molecule has 0 atom stereocenters. The molecule has 0 amide bonds. The van der Waals surface area contributed by atoms with Gasteiger partial charge in [0, 0.05) is 17.7 Å². The Bertz CT molecular complexity index is 341. The van der Waals surface area contributed by atoms with Crippen LogP contribution >= 0.6 is 12.2 Å². The first-order valence-electron chi connectivity index (χ1n) is 4.31. The number of halogens is 1. The summed E-state index contributed by atoms with van der Waals surface area (Å²) in [5.41, 5.74) is 6.12. The molecule has 1 rings (SSSR count). The van der Waals surface area contributed by atoms with E-state index in [1.165, 1.54) is 0 Å². The molecule has 0 heterocycles. The fraction of sp³-hybridized carbons (Fsp3) is 0.300. The SMILES string of the molecule is CCOCc1cccc(C(N)=S)c1F. The van der Waals surface area contributed by atoms with E-state index in [4.69, 9.17) is 22.7 Å². The first-order chi connectivity index (χ1) is 6.66. The Labute approximate surface area is 87.9 Å². The number of rotatable bonds is 4. The summed E-state index contributed by atoms with van der Waals surface area (Å²) in [5, 5.41) is 0. The molecule has 2 N–H and O–H groups in total. The molecule has 0 aliphatic carbocycles. The van der Waals surface area contributed by atoms with Crippen LogP contribution in [0.4, 0.5) is 4.39 Å². The molecule has 76 valence electrons. The summed E-state index contributed by atoms with van der Waals surface area (Å²) in [6.45, 7) is 2.66. The van der Waals surface area contributed by atoms with Gasteiger partial charge in [-0.2, -0.15) is 0 Å². The van der Waals surface area contributed by atoms with E-state index in [0.29, 0.717) is 12.2 Å². The monoisotopic (exact) mass is 213 g/mol. The Morgan fingerprint density at radius 2 is 2.29 bits per heavy atom. The van der Waals surface area contributed by atoms with Crippen molar-refractivity contribution in [1.29, 1.82) is 0 Å². The molecular weight excluding hydrogens is 201 g/mol. The van der Waals surface area contributed by atoms with Crippen LogP contribution in [0, 0.1) is 5.82 Å². The molecule has 1 aromatic rings. The lowest BCUT2D eigenvalue weighted by Crippen LogP contribution is -2.13. The second-order valence-electron chi connectivity index (χ2n) is 2.78. The number of ether oxygens (including phenoxy) is 1. The van der Waals surface area contributed by atoms with Crippen LogP contribution < -0.4 is 5.73 Å². The van der Waals surface area contributed by atoms with E-state index in [2.05, 4.69) is 0 Å². The Morgan fingerprint density at radius 3 is 2.86 bits per heavy atom. The molecule has 0 saturated carbocycles. The van der Waals surface area contributed by atoms with Crippen LogP contribution in [0.15, 0.2) is 18.2 Å². The lowest BCUT2D eigenvalue weighted by atomic mass is 10.1. The van der Waals surface area contributed by atoms with Gasteiger partial charge in [-0.3, -0.25) is 0 Å². The van der Waals surface area contributed by atoms with Crippen molar-refractivity contribution < 1.29 is 9.13 Å².